The van der Waals surface area contributed by atoms with Crippen LogP contribution in [-0.2, 0) is 4.79 Å². The fourth-order valence-electron chi connectivity index (χ4n) is 2.45. The van der Waals surface area contributed by atoms with Crippen molar-refractivity contribution in [1.29, 1.82) is 0 Å². The topological polar surface area (TPSA) is 62.3 Å². The molecule has 1 aromatic heterocycles. The number of rotatable bonds is 4. The molecule has 1 fully saturated rings. The summed E-state index contributed by atoms with van der Waals surface area (Å²) in [6.45, 7) is 3.30. The number of carbonyl (C=O) groups is 2. The molecule has 0 atom stereocenters. The second-order valence-electron chi connectivity index (χ2n) is 5.22. The molecule has 1 saturated heterocycles. The van der Waals surface area contributed by atoms with Crippen molar-refractivity contribution in [2.45, 2.75) is 38.6 Å². The fourth-order valence-corrected chi connectivity index (χ4v) is 2.87. The van der Waals surface area contributed by atoms with Crippen molar-refractivity contribution in [3.8, 4) is 0 Å². The maximum atomic E-state index is 12.4. The Bertz CT molecular complexity index is 513. The van der Waals surface area contributed by atoms with E-state index in [1.54, 1.807) is 17.2 Å². The zero-order valence-corrected chi connectivity index (χ0v) is 13.7. The Balaban J connectivity index is 1.88. The molecule has 6 heteroatoms. The lowest BCUT2D eigenvalue weighted by Crippen LogP contribution is -2.46. The minimum Gasteiger partial charge on any atom is -0.353 e. The standard InChI is InChI=1S/C15H20BrN3O2/c1-2-4-13(20)18-11-6-9-19(10-7-11)15(21)14-12(16)5-3-8-17-14/h3,5,8,11H,2,4,6-7,9-10H2,1H3,(H,18,20). The molecule has 0 aromatic carbocycles. The van der Waals surface area contributed by atoms with Gasteiger partial charge in [0.15, 0.2) is 0 Å². The molecule has 114 valence electrons. The van der Waals surface area contributed by atoms with E-state index in [0.717, 1.165) is 19.3 Å². The van der Waals surface area contributed by atoms with Crippen molar-refractivity contribution in [2.24, 2.45) is 0 Å². The molecule has 2 amide bonds. The normalized spacial score (nSPS) is 15.8. The van der Waals surface area contributed by atoms with E-state index < -0.39 is 0 Å². The lowest BCUT2D eigenvalue weighted by molar-refractivity contribution is -0.122. The molecule has 0 bridgehead atoms. The van der Waals surface area contributed by atoms with Crippen LogP contribution in [-0.4, -0.2) is 40.8 Å². The van der Waals surface area contributed by atoms with E-state index in [0.29, 0.717) is 29.7 Å². The van der Waals surface area contributed by atoms with Gasteiger partial charge in [0, 0.05) is 36.2 Å². The number of hydrogen-bond donors (Lipinski definition) is 1. The summed E-state index contributed by atoms with van der Waals surface area (Å²) in [4.78, 5) is 29.9. The Kier molecular flexibility index (Phi) is 5.73. The smallest absolute Gasteiger partial charge is 0.273 e. The van der Waals surface area contributed by atoms with E-state index in [2.05, 4.69) is 26.2 Å². The Morgan fingerprint density at radius 2 is 2.14 bits per heavy atom. The van der Waals surface area contributed by atoms with E-state index >= 15 is 0 Å². The van der Waals surface area contributed by atoms with Crippen LogP contribution in [0.25, 0.3) is 0 Å². The highest BCUT2D eigenvalue weighted by molar-refractivity contribution is 9.10. The summed E-state index contributed by atoms with van der Waals surface area (Å²) >= 11 is 3.36. The minimum atomic E-state index is -0.0548. The van der Waals surface area contributed by atoms with Gasteiger partial charge < -0.3 is 10.2 Å². The number of halogens is 1. The quantitative estimate of drug-likeness (QED) is 0.903. The first-order chi connectivity index (χ1) is 10.1. The van der Waals surface area contributed by atoms with E-state index in [4.69, 9.17) is 0 Å². The highest BCUT2D eigenvalue weighted by Crippen LogP contribution is 2.18. The second kappa shape index (κ2) is 7.54. The maximum Gasteiger partial charge on any atom is 0.273 e. The Morgan fingerprint density at radius 3 is 2.76 bits per heavy atom. The second-order valence-corrected chi connectivity index (χ2v) is 6.07. The van der Waals surface area contributed by atoms with Crippen LogP contribution in [0, 0.1) is 0 Å². The molecule has 2 heterocycles. The summed E-state index contributed by atoms with van der Waals surface area (Å²) in [6.07, 6.45) is 4.64. The third kappa shape index (κ3) is 4.27. The van der Waals surface area contributed by atoms with Gasteiger partial charge in [0.05, 0.1) is 0 Å². The van der Waals surface area contributed by atoms with Crippen molar-refractivity contribution in [3.63, 3.8) is 0 Å². The molecule has 0 spiro atoms. The predicted octanol–water partition coefficient (Wildman–Crippen LogP) is 2.37. The van der Waals surface area contributed by atoms with Crippen LogP contribution in [0.4, 0.5) is 0 Å². The number of amides is 2. The van der Waals surface area contributed by atoms with E-state index in [-0.39, 0.29) is 17.9 Å². The number of nitrogens with zero attached hydrogens (tertiary/aromatic N) is 2. The molecule has 5 nitrogen and oxygen atoms in total. The highest BCUT2D eigenvalue weighted by atomic mass is 79.9. The SMILES string of the molecule is CCCC(=O)NC1CCN(C(=O)c2ncccc2Br)CC1. The predicted molar refractivity (Wildman–Crippen MR) is 83.9 cm³/mol. The summed E-state index contributed by atoms with van der Waals surface area (Å²) < 4.78 is 0.716. The number of hydrogen-bond acceptors (Lipinski definition) is 3. The molecule has 1 N–H and O–H groups in total. The van der Waals surface area contributed by atoms with Gasteiger partial charge in [-0.1, -0.05) is 6.92 Å². The van der Waals surface area contributed by atoms with Crippen LogP contribution in [0.1, 0.15) is 43.1 Å². The van der Waals surface area contributed by atoms with Gasteiger partial charge in [-0.2, -0.15) is 0 Å². The Labute approximate surface area is 133 Å². The largest absolute Gasteiger partial charge is 0.353 e. The average Bonchev–Trinajstić information content (AvgIpc) is 2.48. The molecular formula is C15H20BrN3O2. The van der Waals surface area contributed by atoms with Crippen molar-refractivity contribution < 1.29 is 9.59 Å². The van der Waals surface area contributed by atoms with Crippen LogP contribution >= 0.6 is 15.9 Å². The zero-order valence-electron chi connectivity index (χ0n) is 12.1. The number of pyridine rings is 1. The van der Waals surface area contributed by atoms with Crippen molar-refractivity contribution >= 4 is 27.7 Å². The molecule has 1 aliphatic heterocycles. The molecule has 1 aromatic rings. The van der Waals surface area contributed by atoms with Crippen molar-refractivity contribution in [1.82, 2.24) is 15.2 Å². The zero-order chi connectivity index (χ0) is 15.2. The summed E-state index contributed by atoms with van der Waals surface area (Å²) in [5.74, 6) is 0.0514. The van der Waals surface area contributed by atoms with Crippen LogP contribution in [0.3, 0.4) is 0 Å². The van der Waals surface area contributed by atoms with Gasteiger partial charge in [-0.15, -0.1) is 0 Å². The molecule has 2 rings (SSSR count). The molecule has 1 aliphatic rings. The number of nitrogens with one attached hydrogen (secondary N) is 1. The van der Waals surface area contributed by atoms with Crippen LogP contribution < -0.4 is 5.32 Å². The molecule has 0 radical (unpaired) electrons. The fraction of sp³-hybridized carbons (Fsp3) is 0.533. The van der Waals surface area contributed by atoms with Gasteiger partial charge in [0.2, 0.25) is 5.91 Å². The monoisotopic (exact) mass is 353 g/mol. The first-order valence-corrected chi connectivity index (χ1v) is 8.10. The lowest BCUT2D eigenvalue weighted by atomic mass is 10.0. The van der Waals surface area contributed by atoms with E-state index in [9.17, 15) is 9.59 Å². The number of piperidine rings is 1. The van der Waals surface area contributed by atoms with Crippen LogP contribution in [0.5, 0.6) is 0 Å². The van der Waals surface area contributed by atoms with Gasteiger partial charge in [0.1, 0.15) is 5.69 Å². The summed E-state index contributed by atoms with van der Waals surface area (Å²) in [7, 11) is 0. The average molecular weight is 354 g/mol. The molecule has 0 saturated carbocycles. The third-order valence-corrected chi connectivity index (χ3v) is 4.23. The van der Waals surface area contributed by atoms with Gasteiger partial charge in [-0.3, -0.25) is 9.59 Å². The van der Waals surface area contributed by atoms with Gasteiger partial charge in [-0.25, -0.2) is 4.98 Å². The lowest BCUT2D eigenvalue weighted by Gasteiger charge is -2.32. The molecule has 0 aliphatic carbocycles. The first-order valence-electron chi connectivity index (χ1n) is 7.31. The summed E-state index contributed by atoms with van der Waals surface area (Å²) in [5.41, 5.74) is 0.450. The number of aromatic nitrogens is 1. The Hall–Kier alpha value is -1.43. The van der Waals surface area contributed by atoms with Gasteiger partial charge >= 0.3 is 0 Å². The highest BCUT2D eigenvalue weighted by Gasteiger charge is 2.25. The molecule has 21 heavy (non-hydrogen) atoms. The van der Waals surface area contributed by atoms with Gasteiger partial charge in [-0.05, 0) is 47.3 Å². The molecular weight excluding hydrogens is 334 g/mol. The Morgan fingerprint density at radius 1 is 1.43 bits per heavy atom. The van der Waals surface area contributed by atoms with Gasteiger partial charge in [0.25, 0.3) is 5.91 Å². The van der Waals surface area contributed by atoms with Crippen molar-refractivity contribution in [2.75, 3.05) is 13.1 Å². The maximum absolute atomic E-state index is 12.4. The third-order valence-electron chi connectivity index (χ3n) is 3.59. The van der Waals surface area contributed by atoms with Crippen LogP contribution in [0.15, 0.2) is 22.8 Å². The summed E-state index contributed by atoms with van der Waals surface area (Å²) in [5, 5.41) is 3.03. The minimum absolute atomic E-state index is 0.0548. The number of likely N-dealkylation sites (tertiary alicyclic amines) is 1. The van der Waals surface area contributed by atoms with E-state index in [1.165, 1.54) is 0 Å². The summed E-state index contributed by atoms with van der Waals surface area (Å²) in [6, 6.07) is 3.79. The van der Waals surface area contributed by atoms with E-state index in [1.807, 2.05) is 13.0 Å². The van der Waals surface area contributed by atoms with Crippen LogP contribution in [0.2, 0.25) is 0 Å². The molecule has 0 unspecified atom stereocenters. The number of carbonyl (C=O) groups excluding carboxylic acids is 2. The first kappa shape index (κ1) is 15.9. The van der Waals surface area contributed by atoms with Crippen molar-refractivity contribution in [3.05, 3.63) is 28.5 Å².